The van der Waals surface area contributed by atoms with Crippen molar-refractivity contribution in [3.05, 3.63) is 59.7 Å². The fraction of sp³-hybridized carbons (Fsp3) is 0.458. The van der Waals surface area contributed by atoms with Gasteiger partial charge in [-0.15, -0.1) is 0 Å². The highest BCUT2D eigenvalue weighted by atomic mass is 14.3. The van der Waals surface area contributed by atoms with E-state index in [1.165, 1.54) is 55.2 Å². The smallest absolute Gasteiger partial charge is 0.0991 e. The van der Waals surface area contributed by atoms with Crippen LogP contribution in [0.15, 0.2) is 48.5 Å². The lowest BCUT2D eigenvalue weighted by molar-refractivity contribution is 0.235. The first-order valence-corrected chi connectivity index (χ1v) is 9.82. The Bertz CT molecular complexity index is 715. The number of nitrogens with zero attached hydrogens (tertiary/aromatic N) is 1. The van der Waals surface area contributed by atoms with Gasteiger partial charge >= 0.3 is 0 Å². The van der Waals surface area contributed by atoms with Gasteiger partial charge < -0.3 is 0 Å². The molecule has 1 aliphatic rings. The largest absolute Gasteiger partial charge is 0.192 e. The van der Waals surface area contributed by atoms with Crippen molar-refractivity contribution in [3.63, 3.8) is 0 Å². The Morgan fingerprint density at radius 3 is 2.32 bits per heavy atom. The maximum atomic E-state index is 9.02. The lowest BCUT2D eigenvalue weighted by atomic mass is 9.72. The van der Waals surface area contributed by atoms with Crippen molar-refractivity contribution in [2.45, 2.75) is 58.3 Å². The van der Waals surface area contributed by atoms with Crippen LogP contribution >= 0.6 is 0 Å². The zero-order valence-electron chi connectivity index (χ0n) is 15.5. The minimum absolute atomic E-state index is 0.678. The first-order chi connectivity index (χ1) is 12.2. The lowest BCUT2D eigenvalue weighted by Gasteiger charge is -2.33. The molecule has 2 aromatic rings. The van der Waals surface area contributed by atoms with Crippen molar-refractivity contribution in [3.8, 4) is 17.2 Å². The maximum absolute atomic E-state index is 9.02. The van der Waals surface area contributed by atoms with Gasteiger partial charge in [-0.3, -0.25) is 0 Å². The molecule has 3 rings (SSSR count). The van der Waals surface area contributed by atoms with E-state index in [2.05, 4.69) is 56.3 Å². The molecule has 2 aromatic carbocycles. The summed E-state index contributed by atoms with van der Waals surface area (Å²) >= 11 is 0. The molecule has 1 unspecified atom stereocenters. The van der Waals surface area contributed by atoms with E-state index in [1.807, 2.05) is 12.1 Å². The van der Waals surface area contributed by atoms with Crippen molar-refractivity contribution in [1.82, 2.24) is 0 Å². The highest BCUT2D eigenvalue weighted by Gasteiger charge is 2.26. The summed E-state index contributed by atoms with van der Waals surface area (Å²) in [5.41, 5.74) is 4.80. The lowest BCUT2D eigenvalue weighted by Crippen LogP contribution is -2.19. The average molecular weight is 332 g/mol. The fourth-order valence-electron chi connectivity index (χ4n) is 4.53. The number of benzene rings is 2. The van der Waals surface area contributed by atoms with Crippen LogP contribution in [-0.4, -0.2) is 0 Å². The summed E-state index contributed by atoms with van der Waals surface area (Å²) < 4.78 is 0. The Kier molecular flexibility index (Phi) is 5.92. The van der Waals surface area contributed by atoms with Crippen molar-refractivity contribution >= 4 is 0 Å². The Labute approximate surface area is 152 Å². The van der Waals surface area contributed by atoms with Crippen molar-refractivity contribution in [1.29, 1.82) is 5.26 Å². The SMILES string of the molecule is CCCC(C)C1CCC(c2ccccc2-c2ccc(C#N)cc2)CC1. The summed E-state index contributed by atoms with van der Waals surface area (Å²) in [7, 11) is 0. The third-order valence-corrected chi connectivity index (χ3v) is 6.05. The zero-order chi connectivity index (χ0) is 17.6. The highest BCUT2D eigenvalue weighted by molar-refractivity contribution is 5.68. The molecule has 0 aromatic heterocycles. The summed E-state index contributed by atoms with van der Waals surface area (Å²) in [5.74, 6) is 2.47. The molecule has 1 fully saturated rings. The molecule has 0 N–H and O–H groups in total. The predicted octanol–water partition coefficient (Wildman–Crippen LogP) is 6.94. The zero-order valence-corrected chi connectivity index (χ0v) is 15.5. The van der Waals surface area contributed by atoms with E-state index in [0.29, 0.717) is 5.92 Å². The van der Waals surface area contributed by atoms with Crippen LogP contribution in [-0.2, 0) is 0 Å². The summed E-state index contributed by atoms with van der Waals surface area (Å²) in [6.07, 6.45) is 8.04. The molecule has 1 saturated carbocycles. The van der Waals surface area contributed by atoms with E-state index < -0.39 is 0 Å². The van der Waals surface area contributed by atoms with E-state index in [4.69, 9.17) is 5.26 Å². The van der Waals surface area contributed by atoms with Crippen LogP contribution in [0.25, 0.3) is 11.1 Å². The van der Waals surface area contributed by atoms with Gasteiger partial charge in [-0.05, 0) is 72.3 Å². The van der Waals surface area contributed by atoms with Gasteiger partial charge in [-0.1, -0.05) is 63.1 Å². The minimum Gasteiger partial charge on any atom is -0.192 e. The van der Waals surface area contributed by atoms with Crippen LogP contribution in [0.2, 0.25) is 0 Å². The van der Waals surface area contributed by atoms with E-state index in [9.17, 15) is 0 Å². The standard InChI is InChI=1S/C24H29N/c1-3-6-18(2)20-13-15-22(16-14-20)24-8-5-4-7-23(24)21-11-9-19(17-25)10-12-21/h4-5,7-12,18,20,22H,3,6,13-16H2,1-2H3. The molecule has 130 valence electrons. The first-order valence-electron chi connectivity index (χ1n) is 9.82. The quantitative estimate of drug-likeness (QED) is 0.582. The maximum Gasteiger partial charge on any atom is 0.0991 e. The Hall–Kier alpha value is -2.07. The van der Waals surface area contributed by atoms with Crippen LogP contribution in [0.3, 0.4) is 0 Å². The second kappa shape index (κ2) is 8.34. The highest BCUT2D eigenvalue weighted by Crippen LogP contribution is 2.42. The van der Waals surface area contributed by atoms with E-state index in [0.717, 1.165) is 17.4 Å². The molecule has 0 bridgehead atoms. The van der Waals surface area contributed by atoms with Gasteiger partial charge in [0, 0.05) is 0 Å². The molecule has 1 aliphatic carbocycles. The predicted molar refractivity (Wildman–Crippen MR) is 105 cm³/mol. The van der Waals surface area contributed by atoms with Gasteiger partial charge in [-0.25, -0.2) is 0 Å². The van der Waals surface area contributed by atoms with E-state index >= 15 is 0 Å². The molecule has 1 nitrogen and oxygen atoms in total. The molecular formula is C24H29N. The Balaban J connectivity index is 1.77. The molecule has 0 radical (unpaired) electrons. The van der Waals surface area contributed by atoms with E-state index in [1.54, 1.807) is 0 Å². The topological polar surface area (TPSA) is 23.8 Å². The van der Waals surface area contributed by atoms with Gasteiger partial charge in [0.1, 0.15) is 0 Å². The number of nitriles is 1. The molecule has 1 heteroatoms. The average Bonchev–Trinajstić information content (AvgIpc) is 2.68. The van der Waals surface area contributed by atoms with Gasteiger partial charge in [0.15, 0.2) is 0 Å². The van der Waals surface area contributed by atoms with Gasteiger partial charge in [0.2, 0.25) is 0 Å². The second-order valence-electron chi connectivity index (χ2n) is 7.65. The monoisotopic (exact) mass is 331 g/mol. The van der Waals surface area contributed by atoms with Crippen molar-refractivity contribution < 1.29 is 0 Å². The van der Waals surface area contributed by atoms with Gasteiger partial charge in [-0.2, -0.15) is 5.26 Å². The third-order valence-electron chi connectivity index (χ3n) is 6.05. The fourth-order valence-corrected chi connectivity index (χ4v) is 4.53. The summed E-state index contributed by atoms with van der Waals surface area (Å²) in [6.45, 7) is 4.75. The van der Waals surface area contributed by atoms with Gasteiger partial charge in [0.25, 0.3) is 0 Å². The molecule has 0 saturated heterocycles. The summed E-state index contributed by atoms with van der Waals surface area (Å²) in [4.78, 5) is 0. The van der Waals surface area contributed by atoms with Crippen molar-refractivity contribution in [2.24, 2.45) is 11.8 Å². The van der Waals surface area contributed by atoms with E-state index in [-0.39, 0.29) is 0 Å². The van der Waals surface area contributed by atoms with Crippen molar-refractivity contribution in [2.75, 3.05) is 0 Å². The third kappa shape index (κ3) is 4.13. The van der Waals surface area contributed by atoms with Crippen LogP contribution < -0.4 is 0 Å². The molecule has 0 spiro atoms. The molecule has 0 amide bonds. The minimum atomic E-state index is 0.678. The number of hydrogen-bond acceptors (Lipinski definition) is 1. The molecule has 0 heterocycles. The van der Waals surface area contributed by atoms with Crippen LogP contribution in [0.5, 0.6) is 0 Å². The summed E-state index contributed by atoms with van der Waals surface area (Å²) in [5, 5.41) is 9.02. The first kappa shape index (κ1) is 17.7. The van der Waals surface area contributed by atoms with Gasteiger partial charge in [0.05, 0.1) is 11.6 Å². The second-order valence-corrected chi connectivity index (χ2v) is 7.65. The Morgan fingerprint density at radius 1 is 1.00 bits per heavy atom. The molecule has 1 atom stereocenters. The molecule has 0 aliphatic heterocycles. The van der Waals surface area contributed by atoms with Crippen LogP contribution in [0.1, 0.15) is 69.4 Å². The summed E-state index contributed by atoms with van der Waals surface area (Å²) in [6, 6.07) is 19.1. The Morgan fingerprint density at radius 2 is 1.68 bits per heavy atom. The number of rotatable bonds is 5. The normalized spacial score (nSPS) is 21.5. The molecular weight excluding hydrogens is 302 g/mol. The van der Waals surface area contributed by atoms with Crippen LogP contribution in [0.4, 0.5) is 0 Å². The molecule has 25 heavy (non-hydrogen) atoms. The number of hydrogen-bond donors (Lipinski definition) is 0. The van der Waals surface area contributed by atoms with Crippen LogP contribution in [0, 0.1) is 23.2 Å².